The van der Waals surface area contributed by atoms with E-state index >= 15 is 0 Å². The fraction of sp³-hybridized carbons (Fsp3) is 0.667. The van der Waals surface area contributed by atoms with E-state index in [0.29, 0.717) is 6.04 Å². The van der Waals surface area contributed by atoms with Gasteiger partial charge in [0.25, 0.3) is 0 Å². The molecule has 2 bridgehead atoms. The van der Waals surface area contributed by atoms with Crippen molar-refractivity contribution in [1.82, 2.24) is 5.32 Å². The molecule has 1 N–H and O–H groups in total. The molecular weight excluding hydrogens is 122 g/mol. The van der Waals surface area contributed by atoms with Crippen molar-refractivity contribution in [3.63, 3.8) is 0 Å². The molecule has 1 aliphatic heterocycles. The van der Waals surface area contributed by atoms with E-state index in [1.165, 1.54) is 0 Å². The minimum atomic E-state index is -0.00926. The third kappa shape index (κ3) is 0.517. The van der Waals surface area contributed by atoms with Crippen LogP contribution >= 0.6 is 11.6 Å². The molecular formula is C6H8ClN. The number of hydrogen-bond acceptors (Lipinski definition) is 1. The molecule has 2 atom stereocenters. The highest BCUT2D eigenvalue weighted by molar-refractivity contribution is 6.26. The summed E-state index contributed by atoms with van der Waals surface area (Å²) in [4.78, 5) is -0.00926. The Bertz CT molecular complexity index is 143. The first-order valence-electron chi connectivity index (χ1n) is 2.90. The normalized spacial score (nSPS) is 50.9. The molecule has 1 saturated heterocycles. The number of hydrogen-bond donors (Lipinski definition) is 1. The van der Waals surface area contributed by atoms with Crippen LogP contribution < -0.4 is 5.32 Å². The summed E-state index contributed by atoms with van der Waals surface area (Å²) in [6.07, 6.45) is 5.35. The highest BCUT2D eigenvalue weighted by atomic mass is 35.5. The van der Waals surface area contributed by atoms with Gasteiger partial charge in [0.05, 0.1) is 4.87 Å². The lowest BCUT2D eigenvalue weighted by Crippen LogP contribution is -2.26. The van der Waals surface area contributed by atoms with Crippen molar-refractivity contribution in [3.8, 4) is 0 Å². The Labute approximate surface area is 53.7 Å². The van der Waals surface area contributed by atoms with Gasteiger partial charge in [-0.3, -0.25) is 0 Å². The van der Waals surface area contributed by atoms with Gasteiger partial charge in [-0.15, -0.1) is 11.6 Å². The number of alkyl halides is 1. The SMILES string of the molecule is ClC12C=CC(C1)NC2. The van der Waals surface area contributed by atoms with E-state index in [2.05, 4.69) is 17.5 Å². The quantitative estimate of drug-likeness (QED) is 0.379. The van der Waals surface area contributed by atoms with Crippen LogP contribution in [0.3, 0.4) is 0 Å². The number of halogens is 1. The van der Waals surface area contributed by atoms with Gasteiger partial charge in [-0.05, 0) is 6.42 Å². The number of nitrogens with one attached hydrogen (secondary N) is 1. The van der Waals surface area contributed by atoms with Gasteiger partial charge in [-0.1, -0.05) is 12.2 Å². The molecule has 0 spiro atoms. The van der Waals surface area contributed by atoms with Gasteiger partial charge >= 0.3 is 0 Å². The summed E-state index contributed by atoms with van der Waals surface area (Å²) in [5, 5.41) is 3.28. The zero-order valence-electron chi connectivity index (χ0n) is 4.52. The van der Waals surface area contributed by atoms with Crippen LogP contribution in [-0.4, -0.2) is 17.5 Å². The molecule has 1 heterocycles. The summed E-state index contributed by atoms with van der Waals surface area (Å²) >= 11 is 6.05. The van der Waals surface area contributed by atoms with Crippen LogP contribution in [0.4, 0.5) is 0 Å². The van der Waals surface area contributed by atoms with Crippen molar-refractivity contribution < 1.29 is 0 Å². The van der Waals surface area contributed by atoms with Gasteiger partial charge < -0.3 is 5.32 Å². The Morgan fingerprint density at radius 2 is 2.62 bits per heavy atom. The van der Waals surface area contributed by atoms with Crippen molar-refractivity contribution >= 4 is 11.6 Å². The second-order valence-electron chi connectivity index (χ2n) is 2.59. The predicted octanol–water partition coefficient (Wildman–Crippen LogP) is 0.896. The molecule has 0 aromatic heterocycles. The molecule has 2 rings (SSSR count). The van der Waals surface area contributed by atoms with Crippen LogP contribution in [0.2, 0.25) is 0 Å². The van der Waals surface area contributed by atoms with Gasteiger partial charge in [-0.25, -0.2) is 0 Å². The van der Waals surface area contributed by atoms with Gasteiger partial charge in [0.1, 0.15) is 0 Å². The molecule has 8 heavy (non-hydrogen) atoms. The standard InChI is InChI=1S/C6H8ClN/c7-6-2-1-5(3-6)8-4-6/h1-2,5,8H,3-4H2. The molecule has 0 aromatic rings. The molecule has 1 aliphatic carbocycles. The Balaban J connectivity index is 2.33. The van der Waals surface area contributed by atoms with Crippen molar-refractivity contribution in [2.24, 2.45) is 0 Å². The van der Waals surface area contributed by atoms with Gasteiger partial charge in [-0.2, -0.15) is 0 Å². The highest BCUT2D eigenvalue weighted by Gasteiger charge is 2.38. The number of fused-ring (bicyclic) bond motifs is 2. The lowest BCUT2D eigenvalue weighted by Gasteiger charge is -2.11. The van der Waals surface area contributed by atoms with E-state index in [1.807, 2.05) is 0 Å². The molecule has 0 radical (unpaired) electrons. The smallest absolute Gasteiger partial charge is 0.0768 e. The summed E-state index contributed by atoms with van der Waals surface area (Å²) in [6.45, 7) is 0.954. The maximum absolute atomic E-state index is 6.05. The monoisotopic (exact) mass is 129 g/mol. The first kappa shape index (κ1) is 4.83. The first-order valence-corrected chi connectivity index (χ1v) is 3.28. The summed E-state index contributed by atoms with van der Waals surface area (Å²) in [5.41, 5.74) is 0. The summed E-state index contributed by atoms with van der Waals surface area (Å²) < 4.78 is 0. The van der Waals surface area contributed by atoms with E-state index in [0.717, 1.165) is 13.0 Å². The van der Waals surface area contributed by atoms with Crippen LogP contribution in [0.1, 0.15) is 6.42 Å². The van der Waals surface area contributed by atoms with Gasteiger partial charge in [0.15, 0.2) is 0 Å². The Morgan fingerprint density at radius 3 is 2.75 bits per heavy atom. The third-order valence-electron chi connectivity index (χ3n) is 1.84. The van der Waals surface area contributed by atoms with Crippen LogP contribution in [0.25, 0.3) is 0 Å². The molecule has 2 heteroatoms. The zero-order valence-corrected chi connectivity index (χ0v) is 5.28. The van der Waals surface area contributed by atoms with Crippen molar-refractivity contribution in [2.75, 3.05) is 6.54 Å². The Hall–Kier alpha value is -0.0100. The maximum atomic E-state index is 6.05. The van der Waals surface area contributed by atoms with E-state index < -0.39 is 0 Å². The summed E-state index contributed by atoms with van der Waals surface area (Å²) in [6, 6.07) is 0.576. The average Bonchev–Trinajstić information content (AvgIpc) is 2.21. The minimum Gasteiger partial charge on any atom is -0.308 e. The molecule has 0 amide bonds. The fourth-order valence-corrected chi connectivity index (χ4v) is 1.68. The molecule has 0 saturated carbocycles. The van der Waals surface area contributed by atoms with Gasteiger partial charge in [0, 0.05) is 12.6 Å². The van der Waals surface area contributed by atoms with Crippen molar-refractivity contribution in [3.05, 3.63) is 12.2 Å². The second kappa shape index (κ2) is 1.28. The highest BCUT2D eigenvalue weighted by Crippen LogP contribution is 2.34. The molecule has 1 fully saturated rings. The lowest BCUT2D eigenvalue weighted by molar-refractivity contribution is 0.723. The Morgan fingerprint density at radius 1 is 1.75 bits per heavy atom. The largest absolute Gasteiger partial charge is 0.308 e. The van der Waals surface area contributed by atoms with Crippen molar-refractivity contribution in [1.29, 1.82) is 0 Å². The molecule has 2 aliphatic rings. The predicted molar refractivity (Wildman–Crippen MR) is 34.1 cm³/mol. The lowest BCUT2D eigenvalue weighted by atomic mass is 10.1. The average molecular weight is 130 g/mol. The number of rotatable bonds is 0. The topological polar surface area (TPSA) is 12.0 Å². The van der Waals surface area contributed by atoms with Crippen LogP contribution in [-0.2, 0) is 0 Å². The van der Waals surface area contributed by atoms with Gasteiger partial charge in [0.2, 0.25) is 0 Å². The maximum Gasteiger partial charge on any atom is 0.0768 e. The molecule has 44 valence electrons. The van der Waals surface area contributed by atoms with E-state index in [4.69, 9.17) is 11.6 Å². The minimum absolute atomic E-state index is 0.00926. The van der Waals surface area contributed by atoms with Crippen LogP contribution in [0.5, 0.6) is 0 Å². The van der Waals surface area contributed by atoms with E-state index in [-0.39, 0.29) is 4.87 Å². The molecule has 2 unspecified atom stereocenters. The molecule has 0 aromatic carbocycles. The zero-order chi connectivity index (χ0) is 5.61. The van der Waals surface area contributed by atoms with Crippen molar-refractivity contribution in [2.45, 2.75) is 17.3 Å². The molecule has 1 nitrogen and oxygen atoms in total. The van der Waals surface area contributed by atoms with Crippen LogP contribution in [0, 0.1) is 0 Å². The summed E-state index contributed by atoms with van der Waals surface area (Å²) in [7, 11) is 0. The second-order valence-corrected chi connectivity index (χ2v) is 3.34. The van der Waals surface area contributed by atoms with E-state index in [1.54, 1.807) is 0 Å². The Kier molecular flexibility index (Phi) is 0.774. The fourth-order valence-electron chi connectivity index (χ4n) is 1.36. The first-order chi connectivity index (χ1) is 3.79. The third-order valence-corrected chi connectivity index (χ3v) is 2.26. The van der Waals surface area contributed by atoms with Crippen LogP contribution in [0.15, 0.2) is 12.2 Å². The van der Waals surface area contributed by atoms with E-state index in [9.17, 15) is 0 Å². The summed E-state index contributed by atoms with van der Waals surface area (Å²) in [5.74, 6) is 0.